The molecule has 0 fully saturated rings. The quantitative estimate of drug-likeness (QED) is 0.0232. The molecule has 14 nitrogen and oxygen atoms in total. The molecule has 12 aromatic rings. The lowest BCUT2D eigenvalue weighted by Gasteiger charge is -2.12. The summed E-state index contributed by atoms with van der Waals surface area (Å²) in [4.78, 5) is 4.56. The second kappa shape index (κ2) is 38.0. The highest BCUT2D eigenvalue weighted by Gasteiger charge is 2.21. The first kappa shape index (κ1) is 73.7. The number of pyridine rings is 2. The van der Waals surface area contributed by atoms with E-state index >= 15 is 0 Å². The van der Waals surface area contributed by atoms with Crippen LogP contribution >= 0.6 is 15.9 Å². The lowest BCUT2D eigenvalue weighted by atomic mass is 10.1. The van der Waals surface area contributed by atoms with Crippen LogP contribution in [0.15, 0.2) is 263 Å². The summed E-state index contributed by atoms with van der Waals surface area (Å²) >= 11 is 3.51. The van der Waals surface area contributed by atoms with Crippen molar-refractivity contribution in [2.24, 2.45) is 34.5 Å². The largest absolute Gasteiger partial charge is 1.00 e. The molecule has 0 saturated carbocycles. The third kappa shape index (κ3) is 19.9. The van der Waals surface area contributed by atoms with Crippen molar-refractivity contribution in [3.05, 3.63) is 266 Å². The second-order valence-corrected chi connectivity index (χ2v) is 23.4. The molecule has 12 rings (SSSR count). The molecule has 0 unspecified atom stereocenters. The topological polar surface area (TPSA) is 96.8 Å². The van der Waals surface area contributed by atoms with Crippen LogP contribution in [0.3, 0.4) is 0 Å². The zero-order valence-electron chi connectivity index (χ0n) is 55.0. The lowest BCUT2D eigenvalue weighted by Crippen LogP contribution is -3.00. The maximum absolute atomic E-state index is 4.79. The minimum Gasteiger partial charge on any atom is -1.00 e. The fourth-order valence-corrected chi connectivity index (χ4v) is 11.6. The standard InChI is InChI=1S/C39H43N7.C22H25BrN3.C16H16N4.3BrH/c1-42-37-24-14-15-25-38(37)46(39(42)31-41-44(3)34-20-10-7-11-21-34)28-17-5-4-16-27-45-29-26-32(35-22-12-13-23-36(35)45)30-40-43(2)33-18-8-6-9-19-33;1-25(20-10-4-2-5-11-20)24-18-19-14-17-26(16-9-3-8-15-23)22-13-7-6-12-21(19)22;1-19-15-11-7-6-10-14(15)18-16(19)12-17-20(2)13-8-4-3-5-9-13;;;/h6-15,18-26,29-31H,4-5,16-17,27-28H2,1-3H3;2,4-7,10-14,17-18H,3,8-9,15-16H2,1H3;3-12H,1-2H3;3*1H/q+2;+1;;;;/p-3/b;;17-12+;;;. The minimum absolute atomic E-state index is 0. The van der Waals surface area contributed by atoms with Crippen molar-refractivity contribution in [1.82, 2.24) is 14.1 Å². The number of para-hydroxylation sites is 10. The number of aromatic nitrogens is 6. The molecular formula is C77H84Br4N14. The van der Waals surface area contributed by atoms with Gasteiger partial charge in [0.1, 0.15) is 19.3 Å². The van der Waals surface area contributed by atoms with Gasteiger partial charge in [-0.05, 0) is 117 Å². The van der Waals surface area contributed by atoms with Crippen molar-refractivity contribution in [3.63, 3.8) is 0 Å². The van der Waals surface area contributed by atoms with E-state index in [-0.39, 0.29) is 50.9 Å². The fraction of sp³-hybridized carbons (Fsp3) is 0.221. The van der Waals surface area contributed by atoms with Gasteiger partial charge in [-0.15, -0.1) is 0 Å². The molecular weight excluding hydrogens is 1440 g/mol. The van der Waals surface area contributed by atoms with Gasteiger partial charge in [0, 0.05) is 88.8 Å². The highest BCUT2D eigenvalue weighted by Crippen LogP contribution is 2.21. The van der Waals surface area contributed by atoms with E-state index in [1.165, 1.54) is 64.9 Å². The van der Waals surface area contributed by atoms with Gasteiger partial charge < -0.3 is 55.5 Å². The third-order valence-electron chi connectivity index (χ3n) is 16.4. The normalized spacial score (nSPS) is 11.1. The van der Waals surface area contributed by atoms with Crippen molar-refractivity contribution in [2.75, 3.05) is 53.6 Å². The van der Waals surface area contributed by atoms with E-state index in [1.807, 2.05) is 182 Å². The number of nitrogens with zero attached hydrogens (tertiary/aromatic N) is 14. The highest BCUT2D eigenvalue weighted by molar-refractivity contribution is 9.09. The average molecular weight is 1530 g/mol. The summed E-state index contributed by atoms with van der Waals surface area (Å²) in [7, 11) is 12.0. The monoisotopic (exact) mass is 1520 g/mol. The molecule has 18 heteroatoms. The molecule has 0 saturated heterocycles. The van der Waals surface area contributed by atoms with Crippen LogP contribution in [0.1, 0.15) is 67.7 Å². The number of hydrogen-bond acceptors (Lipinski definition) is 9. The first-order valence-electron chi connectivity index (χ1n) is 31.7. The van der Waals surface area contributed by atoms with Gasteiger partial charge in [0.05, 0.1) is 76.8 Å². The number of unbranched alkanes of at least 4 members (excludes halogenated alkanes) is 5. The molecule has 0 amide bonds. The van der Waals surface area contributed by atoms with Gasteiger partial charge >= 0.3 is 5.82 Å². The van der Waals surface area contributed by atoms with E-state index < -0.39 is 0 Å². The van der Waals surface area contributed by atoms with Gasteiger partial charge in [0.2, 0.25) is 11.0 Å². The number of halogens is 4. The molecule has 0 spiro atoms. The van der Waals surface area contributed by atoms with Crippen LogP contribution in [0.5, 0.6) is 0 Å². The van der Waals surface area contributed by atoms with Crippen LogP contribution in [-0.4, -0.2) is 72.5 Å². The molecule has 8 aromatic carbocycles. The van der Waals surface area contributed by atoms with Crippen LogP contribution in [0.25, 0.3) is 43.9 Å². The smallest absolute Gasteiger partial charge is 0.302 e. The van der Waals surface area contributed by atoms with E-state index in [9.17, 15) is 0 Å². The number of alkyl halides is 1. The Bertz CT molecular complexity index is 4410. The summed E-state index contributed by atoms with van der Waals surface area (Å²) in [6.07, 6.45) is 20.3. The Kier molecular flexibility index (Phi) is 29.5. The van der Waals surface area contributed by atoms with Gasteiger partial charge in [0.25, 0.3) is 0 Å². The van der Waals surface area contributed by atoms with Crippen molar-refractivity contribution < 1.29 is 64.6 Å². The number of aryl methyl sites for hydroxylation is 5. The van der Waals surface area contributed by atoms with Crippen LogP contribution < -0.4 is 84.7 Å². The molecule has 0 aliphatic heterocycles. The van der Waals surface area contributed by atoms with Crippen LogP contribution in [-0.2, 0) is 33.7 Å². The Hall–Kier alpha value is -8.68. The predicted octanol–water partition coefficient (Wildman–Crippen LogP) is 6.33. The molecule has 4 aromatic heterocycles. The molecule has 4 heterocycles. The molecule has 95 heavy (non-hydrogen) atoms. The number of rotatable bonds is 24. The third-order valence-corrected chi connectivity index (χ3v) is 17.0. The summed E-state index contributed by atoms with van der Waals surface area (Å²) in [5.74, 6) is 1.94. The number of anilines is 4. The summed E-state index contributed by atoms with van der Waals surface area (Å²) in [5.41, 5.74) is 13.6. The van der Waals surface area contributed by atoms with Gasteiger partial charge in [-0.1, -0.05) is 137 Å². The Balaban J connectivity index is 0.000000220. The molecule has 490 valence electrons. The highest BCUT2D eigenvalue weighted by atomic mass is 79.9. The van der Waals surface area contributed by atoms with E-state index in [4.69, 9.17) is 10.2 Å². The molecule has 0 aliphatic rings. The van der Waals surface area contributed by atoms with Crippen molar-refractivity contribution in [1.29, 1.82) is 0 Å². The van der Waals surface area contributed by atoms with Crippen LogP contribution in [0, 0.1) is 0 Å². The first-order chi connectivity index (χ1) is 45.1. The number of fused-ring (bicyclic) bond motifs is 4. The van der Waals surface area contributed by atoms with Gasteiger partial charge in [0.15, 0.2) is 29.3 Å². The predicted molar refractivity (Wildman–Crippen MR) is 388 cm³/mol. The number of benzene rings is 8. The zero-order chi connectivity index (χ0) is 63.9. The Morgan fingerprint density at radius 2 is 0.789 bits per heavy atom. The van der Waals surface area contributed by atoms with E-state index in [0.29, 0.717) is 0 Å². The molecule has 0 radical (unpaired) electrons. The number of hydrogen-bond donors (Lipinski definition) is 0. The van der Waals surface area contributed by atoms with Crippen LogP contribution in [0.4, 0.5) is 22.7 Å². The SMILES string of the molecule is CN(/N=C/c1cc[n+](CCCCCBr)c2ccccc12)c1ccccc1.CN(/N=C/c1cc[n+](CCCCCCn2c(/C=N/N(C)c3ccccc3)[n+](C)c3ccccc32)c2ccccc12)c1ccccc1.CN(/N=C/c1nc2ccccc2n1C)c1ccccc1.[Br-].[Br-].[Br-]. The Morgan fingerprint density at radius 3 is 1.25 bits per heavy atom. The first-order valence-corrected chi connectivity index (χ1v) is 32.9. The van der Waals surface area contributed by atoms with E-state index in [2.05, 4.69) is 196 Å². The minimum atomic E-state index is 0. The summed E-state index contributed by atoms with van der Waals surface area (Å²) in [6, 6.07) is 78.9. The molecule has 0 bridgehead atoms. The maximum atomic E-state index is 4.79. The molecule has 0 atom stereocenters. The summed E-state index contributed by atoms with van der Waals surface area (Å²) < 4.78 is 11.4. The lowest BCUT2D eigenvalue weighted by molar-refractivity contribution is -0.672. The van der Waals surface area contributed by atoms with Crippen molar-refractivity contribution in [3.8, 4) is 0 Å². The number of imidazole rings is 2. The molecule has 0 aliphatic carbocycles. The number of hydrazone groups is 4. The van der Waals surface area contributed by atoms with Gasteiger partial charge in [-0.2, -0.15) is 29.5 Å². The average Bonchev–Trinajstić information content (AvgIpc) is 1.77. The maximum Gasteiger partial charge on any atom is 0.302 e. The second-order valence-electron chi connectivity index (χ2n) is 22.6. The van der Waals surface area contributed by atoms with Crippen molar-refractivity contribution >= 4 is 107 Å². The van der Waals surface area contributed by atoms with Crippen LogP contribution in [0.2, 0.25) is 0 Å². The Morgan fingerprint density at radius 1 is 0.411 bits per heavy atom. The van der Waals surface area contributed by atoms with Gasteiger partial charge in [-0.3, -0.25) is 20.0 Å². The van der Waals surface area contributed by atoms with Crippen molar-refractivity contribution in [2.45, 2.75) is 64.6 Å². The summed E-state index contributed by atoms with van der Waals surface area (Å²) in [6.45, 7) is 3.00. The summed E-state index contributed by atoms with van der Waals surface area (Å²) in [5, 5.41) is 29.7. The van der Waals surface area contributed by atoms with E-state index in [1.54, 1.807) is 6.21 Å². The molecule has 0 N–H and O–H groups in total. The van der Waals surface area contributed by atoms with Gasteiger partial charge in [-0.25, -0.2) is 14.1 Å². The Labute approximate surface area is 599 Å². The fourth-order valence-electron chi connectivity index (χ4n) is 11.2. The van der Waals surface area contributed by atoms with E-state index in [0.717, 1.165) is 94.4 Å². The zero-order valence-corrected chi connectivity index (χ0v) is 61.3.